The number of hydrogen-bond donors (Lipinski definition) is 0. The van der Waals surface area contributed by atoms with Gasteiger partial charge in [-0.1, -0.05) is 24.3 Å². The number of carbonyl (C=O) groups excluding carboxylic acids is 1. The summed E-state index contributed by atoms with van der Waals surface area (Å²) < 4.78 is 11.4. The van der Waals surface area contributed by atoms with Crippen LogP contribution in [-0.4, -0.2) is 12.9 Å². The molecule has 0 aliphatic carbocycles. The quantitative estimate of drug-likeness (QED) is 0.376. The molecule has 0 fully saturated rings. The number of fused-ring (bicyclic) bond motifs is 2. The average molecular weight is 358 g/mol. The van der Waals surface area contributed by atoms with Gasteiger partial charge in [-0.05, 0) is 55.3 Å². The van der Waals surface area contributed by atoms with Crippen LogP contribution >= 0.6 is 0 Å². The third kappa shape index (κ3) is 2.70. The molecule has 0 unspecified atom stereocenters. The Morgan fingerprint density at radius 1 is 1.00 bits per heavy atom. The van der Waals surface area contributed by atoms with Crippen molar-refractivity contribution in [2.45, 2.75) is 13.8 Å². The van der Waals surface area contributed by atoms with E-state index in [1.165, 1.54) is 6.92 Å². The first kappa shape index (κ1) is 17.0. The van der Waals surface area contributed by atoms with Crippen molar-refractivity contribution in [3.63, 3.8) is 0 Å². The van der Waals surface area contributed by atoms with E-state index in [-0.39, 0.29) is 11.2 Å². The number of hydrogen-bond acceptors (Lipinski definition) is 4. The van der Waals surface area contributed by atoms with Crippen molar-refractivity contribution < 1.29 is 13.9 Å². The monoisotopic (exact) mass is 358 g/mol. The van der Waals surface area contributed by atoms with Crippen LogP contribution in [0, 0.1) is 6.92 Å². The van der Waals surface area contributed by atoms with Crippen LogP contribution in [0.5, 0.6) is 5.75 Å². The van der Waals surface area contributed by atoms with Gasteiger partial charge >= 0.3 is 0 Å². The van der Waals surface area contributed by atoms with Crippen molar-refractivity contribution in [3.05, 3.63) is 75.9 Å². The Morgan fingerprint density at radius 2 is 1.70 bits per heavy atom. The highest BCUT2D eigenvalue weighted by Gasteiger charge is 2.19. The third-order valence-electron chi connectivity index (χ3n) is 4.89. The lowest BCUT2D eigenvalue weighted by Crippen LogP contribution is -2.07. The van der Waals surface area contributed by atoms with Crippen LogP contribution in [0.15, 0.2) is 63.8 Å². The summed E-state index contributed by atoms with van der Waals surface area (Å²) in [5, 5.41) is 0.916. The average Bonchev–Trinajstić information content (AvgIpc) is 2.68. The van der Waals surface area contributed by atoms with Crippen LogP contribution in [0.4, 0.5) is 0 Å². The van der Waals surface area contributed by atoms with Gasteiger partial charge in [-0.25, -0.2) is 0 Å². The predicted octanol–water partition coefficient (Wildman–Crippen LogP) is 5.13. The second kappa shape index (κ2) is 6.40. The fourth-order valence-electron chi connectivity index (χ4n) is 3.50. The number of ketones is 1. The Hall–Kier alpha value is -3.40. The van der Waals surface area contributed by atoms with Gasteiger partial charge in [0.05, 0.1) is 17.9 Å². The van der Waals surface area contributed by atoms with Gasteiger partial charge in [-0.15, -0.1) is 0 Å². The van der Waals surface area contributed by atoms with E-state index in [0.717, 1.165) is 22.4 Å². The SMILES string of the molecule is COc1ccc(-c2c(C)c(C(C)=O)cc3c(=O)c4ccccc4oc23)cc1. The minimum absolute atomic E-state index is 0.0864. The van der Waals surface area contributed by atoms with E-state index < -0.39 is 0 Å². The Labute approximate surface area is 156 Å². The molecule has 0 aliphatic rings. The van der Waals surface area contributed by atoms with Crippen LogP contribution in [0.25, 0.3) is 33.1 Å². The van der Waals surface area contributed by atoms with Gasteiger partial charge in [0.15, 0.2) is 5.78 Å². The van der Waals surface area contributed by atoms with E-state index in [9.17, 15) is 9.59 Å². The normalized spacial score (nSPS) is 11.1. The van der Waals surface area contributed by atoms with Crippen molar-refractivity contribution >= 4 is 27.7 Å². The molecule has 27 heavy (non-hydrogen) atoms. The molecule has 4 rings (SSSR count). The number of Topliss-reactive ketones (excluding diaryl/α,β-unsaturated/α-hetero) is 1. The summed E-state index contributed by atoms with van der Waals surface area (Å²) in [7, 11) is 1.61. The fraction of sp³-hybridized carbons (Fsp3) is 0.130. The molecule has 0 saturated carbocycles. The van der Waals surface area contributed by atoms with Gasteiger partial charge in [-0.2, -0.15) is 0 Å². The van der Waals surface area contributed by atoms with Crippen molar-refractivity contribution in [2.75, 3.05) is 7.11 Å². The lowest BCUT2D eigenvalue weighted by molar-refractivity contribution is 0.101. The fourth-order valence-corrected chi connectivity index (χ4v) is 3.50. The molecule has 0 spiro atoms. The minimum atomic E-state index is -0.135. The molecule has 0 saturated heterocycles. The van der Waals surface area contributed by atoms with Crippen LogP contribution in [0.1, 0.15) is 22.8 Å². The molecule has 0 aliphatic heterocycles. The molecule has 1 aromatic heterocycles. The summed E-state index contributed by atoms with van der Waals surface area (Å²) in [6, 6.07) is 16.3. The van der Waals surface area contributed by atoms with E-state index >= 15 is 0 Å². The molecular weight excluding hydrogens is 340 g/mol. The molecule has 0 bridgehead atoms. The zero-order valence-corrected chi connectivity index (χ0v) is 15.3. The molecular formula is C23H18O4. The number of methoxy groups -OCH3 is 1. The summed E-state index contributed by atoms with van der Waals surface area (Å²) in [6.07, 6.45) is 0. The molecule has 1 heterocycles. The highest BCUT2D eigenvalue weighted by molar-refractivity contribution is 6.06. The molecule has 0 atom stereocenters. The van der Waals surface area contributed by atoms with Gasteiger partial charge in [-0.3, -0.25) is 9.59 Å². The zero-order chi connectivity index (χ0) is 19.1. The topological polar surface area (TPSA) is 56.5 Å². The van der Waals surface area contributed by atoms with Gasteiger partial charge < -0.3 is 9.15 Å². The lowest BCUT2D eigenvalue weighted by atomic mass is 9.91. The summed E-state index contributed by atoms with van der Waals surface area (Å²) >= 11 is 0. The largest absolute Gasteiger partial charge is 0.497 e. The number of benzene rings is 3. The van der Waals surface area contributed by atoms with Crippen LogP contribution < -0.4 is 10.2 Å². The Morgan fingerprint density at radius 3 is 2.37 bits per heavy atom. The maximum atomic E-state index is 13.1. The van der Waals surface area contributed by atoms with Crippen LogP contribution in [0.3, 0.4) is 0 Å². The number of para-hydroxylation sites is 1. The highest BCUT2D eigenvalue weighted by Crippen LogP contribution is 2.35. The third-order valence-corrected chi connectivity index (χ3v) is 4.89. The van der Waals surface area contributed by atoms with E-state index in [2.05, 4.69) is 0 Å². The minimum Gasteiger partial charge on any atom is -0.497 e. The van der Waals surface area contributed by atoms with E-state index in [4.69, 9.17) is 9.15 Å². The molecule has 0 amide bonds. The second-order valence-corrected chi connectivity index (χ2v) is 6.51. The van der Waals surface area contributed by atoms with E-state index in [1.54, 1.807) is 31.4 Å². The first-order valence-corrected chi connectivity index (χ1v) is 8.65. The van der Waals surface area contributed by atoms with Crippen molar-refractivity contribution in [3.8, 4) is 16.9 Å². The first-order chi connectivity index (χ1) is 13.0. The Balaban J connectivity index is 2.18. The maximum absolute atomic E-state index is 13.1. The predicted molar refractivity (Wildman–Crippen MR) is 107 cm³/mol. The molecule has 4 heteroatoms. The highest BCUT2D eigenvalue weighted by atomic mass is 16.5. The van der Waals surface area contributed by atoms with Crippen molar-refractivity contribution in [2.24, 2.45) is 0 Å². The molecule has 4 aromatic rings. The molecule has 134 valence electrons. The maximum Gasteiger partial charge on any atom is 0.200 e. The summed E-state index contributed by atoms with van der Waals surface area (Å²) in [6.45, 7) is 3.39. The van der Waals surface area contributed by atoms with Crippen LogP contribution in [-0.2, 0) is 0 Å². The molecule has 0 N–H and O–H groups in total. The number of ether oxygens (including phenoxy) is 1. The van der Waals surface area contributed by atoms with Crippen LogP contribution in [0.2, 0.25) is 0 Å². The van der Waals surface area contributed by atoms with Crippen molar-refractivity contribution in [1.29, 1.82) is 0 Å². The molecule has 0 radical (unpaired) electrons. The van der Waals surface area contributed by atoms with Gasteiger partial charge in [0.25, 0.3) is 0 Å². The van der Waals surface area contributed by atoms with Crippen molar-refractivity contribution in [1.82, 2.24) is 0 Å². The summed E-state index contributed by atoms with van der Waals surface area (Å²) in [4.78, 5) is 25.3. The Bertz CT molecular complexity index is 1250. The first-order valence-electron chi connectivity index (χ1n) is 8.65. The molecule has 4 nitrogen and oxygen atoms in total. The van der Waals surface area contributed by atoms with Gasteiger partial charge in [0.2, 0.25) is 5.43 Å². The lowest BCUT2D eigenvalue weighted by Gasteiger charge is -2.14. The zero-order valence-electron chi connectivity index (χ0n) is 15.3. The summed E-state index contributed by atoms with van der Waals surface area (Å²) in [5.74, 6) is 0.645. The van der Waals surface area contributed by atoms with E-state index in [1.807, 2.05) is 37.3 Å². The smallest absolute Gasteiger partial charge is 0.200 e. The van der Waals surface area contributed by atoms with Gasteiger partial charge in [0.1, 0.15) is 16.9 Å². The second-order valence-electron chi connectivity index (χ2n) is 6.51. The van der Waals surface area contributed by atoms with Gasteiger partial charge in [0, 0.05) is 11.1 Å². The summed E-state index contributed by atoms with van der Waals surface area (Å²) in [5.41, 5.74) is 3.81. The van der Waals surface area contributed by atoms with E-state index in [0.29, 0.717) is 27.5 Å². The standard InChI is InChI=1S/C23H18O4/c1-13-18(14(2)24)12-19-22(25)17-6-4-5-7-20(17)27-23(19)21(13)15-8-10-16(26-3)11-9-15/h4-12H,1-3H3. The molecule has 3 aromatic carbocycles. The Kier molecular flexibility index (Phi) is 4.04. The number of carbonyl (C=O) groups is 1. The number of rotatable bonds is 3.